The zero-order valence-corrected chi connectivity index (χ0v) is 11.9. The molecule has 2 aromatic rings. The minimum absolute atomic E-state index is 0.590. The van der Waals surface area contributed by atoms with E-state index in [2.05, 4.69) is 10.4 Å². The molecule has 0 amide bonds. The standard InChI is InChI=1S/C14H19N3O3/c1-18-12-9-11(10-13(19-2)14(12)20-3)15-6-8-17-7-4-5-16-17/h4-5,7,9-10,15H,6,8H2,1-3H3. The third kappa shape index (κ3) is 3.14. The van der Waals surface area contributed by atoms with Crippen LogP contribution in [0.2, 0.25) is 0 Å². The number of nitrogens with zero attached hydrogens (tertiary/aromatic N) is 2. The van der Waals surface area contributed by atoms with Crippen molar-refractivity contribution in [3.05, 3.63) is 30.6 Å². The van der Waals surface area contributed by atoms with E-state index in [0.29, 0.717) is 17.2 Å². The molecule has 0 radical (unpaired) electrons. The third-order valence-electron chi connectivity index (χ3n) is 2.89. The van der Waals surface area contributed by atoms with Gasteiger partial charge in [0.2, 0.25) is 5.75 Å². The second-order valence-electron chi connectivity index (χ2n) is 4.11. The molecule has 0 aliphatic heterocycles. The number of hydrogen-bond donors (Lipinski definition) is 1. The highest BCUT2D eigenvalue weighted by molar-refractivity contribution is 5.62. The molecular weight excluding hydrogens is 258 g/mol. The Morgan fingerprint density at radius 2 is 1.80 bits per heavy atom. The van der Waals surface area contributed by atoms with Crippen molar-refractivity contribution in [2.24, 2.45) is 0 Å². The van der Waals surface area contributed by atoms with Crippen molar-refractivity contribution >= 4 is 5.69 Å². The first kappa shape index (κ1) is 14.0. The lowest BCUT2D eigenvalue weighted by atomic mass is 10.2. The van der Waals surface area contributed by atoms with E-state index in [4.69, 9.17) is 14.2 Å². The number of aromatic nitrogens is 2. The van der Waals surface area contributed by atoms with Gasteiger partial charge in [-0.2, -0.15) is 5.10 Å². The molecule has 0 bridgehead atoms. The summed E-state index contributed by atoms with van der Waals surface area (Å²) in [7, 11) is 4.79. The lowest BCUT2D eigenvalue weighted by Gasteiger charge is -2.15. The zero-order valence-electron chi connectivity index (χ0n) is 11.9. The van der Waals surface area contributed by atoms with Crippen molar-refractivity contribution in [2.75, 3.05) is 33.2 Å². The number of nitrogens with one attached hydrogen (secondary N) is 1. The molecule has 0 atom stereocenters. The van der Waals surface area contributed by atoms with Crippen molar-refractivity contribution < 1.29 is 14.2 Å². The van der Waals surface area contributed by atoms with Gasteiger partial charge in [-0.25, -0.2) is 0 Å². The van der Waals surface area contributed by atoms with Gasteiger partial charge in [-0.1, -0.05) is 0 Å². The Morgan fingerprint density at radius 1 is 1.10 bits per heavy atom. The minimum atomic E-state index is 0.590. The molecule has 2 rings (SSSR count). The fraction of sp³-hybridized carbons (Fsp3) is 0.357. The summed E-state index contributed by atoms with van der Waals surface area (Å²) in [5.41, 5.74) is 0.909. The summed E-state index contributed by atoms with van der Waals surface area (Å²) in [6, 6.07) is 5.66. The Balaban J connectivity index is 2.07. The van der Waals surface area contributed by atoms with E-state index < -0.39 is 0 Å². The van der Waals surface area contributed by atoms with E-state index >= 15 is 0 Å². The van der Waals surface area contributed by atoms with Crippen molar-refractivity contribution in [2.45, 2.75) is 6.54 Å². The molecule has 0 aliphatic rings. The second-order valence-corrected chi connectivity index (χ2v) is 4.11. The number of anilines is 1. The fourth-order valence-electron chi connectivity index (χ4n) is 1.93. The molecule has 0 saturated carbocycles. The number of methoxy groups -OCH3 is 3. The van der Waals surface area contributed by atoms with Crippen LogP contribution < -0.4 is 19.5 Å². The molecule has 6 nitrogen and oxygen atoms in total. The van der Waals surface area contributed by atoms with E-state index in [9.17, 15) is 0 Å². The Labute approximate surface area is 118 Å². The van der Waals surface area contributed by atoms with Crippen molar-refractivity contribution in [3.63, 3.8) is 0 Å². The van der Waals surface area contributed by atoms with Crippen LogP contribution in [-0.4, -0.2) is 37.7 Å². The van der Waals surface area contributed by atoms with Gasteiger partial charge >= 0.3 is 0 Å². The predicted molar refractivity (Wildman–Crippen MR) is 76.8 cm³/mol. The Bertz CT molecular complexity index is 516. The monoisotopic (exact) mass is 277 g/mol. The van der Waals surface area contributed by atoms with Crippen LogP contribution in [-0.2, 0) is 6.54 Å². The smallest absolute Gasteiger partial charge is 0.203 e. The van der Waals surface area contributed by atoms with E-state index in [-0.39, 0.29) is 0 Å². The quantitative estimate of drug-likeness (QED) is 0.839. The molecule has 0 aliphatic carbocycles. The highest BCUT2D eigenvalue weighted by Crippen LogP contribution is 2.39. The van der Waals surface area contributed by atoms with Gasteiger partial charge in [0.15, 0.2) is 11.5 Å². The Kier molecular flexibility index (Phi) is 4.70. The molecule has 6 heteroatoms. The van der Waals surface area contributed by atoms with Crippen molar-refractivity contribution in [1.29, 1.82) is 0 Å². The summed E-state index contributed by atoms with van der Waals surface area (Å²) in [4.78, 5) is 0. The van der Waals surface area contributed by atoms with E-state index in [1.165, 1.54) is 0 Å². The molecule has 1 aromatic heterocycles. The van der Waals surface area contributed by atoms with Crippen LogP contribution in [0.1, 0.15) is 0 Å². The lowest BCUT2D eigenvalue weighted by molar-refractivity contribution is 0.324. The molecule has 0 saturated heterocycles. The minimum Gasteiger partial charge on any atom is -0.493 e. The maximum atomic E-state index is 5.31. The van der Waals surface area contributed by atoms with Crippen LogP contribution in [0.3, 0.4) is 0 Å². The molecule has 20 heavy (non-hydrogen) atoms. The van der Waals surface area contributed by atoms with Crippen molar-refractivity contribution in [1.82, 2.24) is 9.78 Å². The molecule has 0 spiro atoms. The normalized spacial score (nSPS) is 10.2. The van der Waals surface area contributed by atoms with Gasteiger partial charge in [0.25, 0.3) is 0 Å². The number of hydrogen-bond acceptors (Lipinski definition) is 5. The summed E-state index contributed by atoms with van der Waals surface area (Å²) in [6.45, 7) is 1.53. The van der Waals surface area contributed by atoms with Crippen LogP contribution in [0.4, 0.5) is 5.69 Å². The molecule has 1 heterocycles. The molecule has 1 aromatic carbocycles. The fourth-order valence-corrected chi connectivity index (χ4v) is 1.93. The first-order valence-corrected chi connectivity index (χ1v) is 6.29. The third-order valence-corrected chi connectivity index (χ3v) is 2.89. The van der Waals surface area contributed by atoms with Crippen molar-refractivity contribution in [3.8, 4) is 17.2 Å². The molecule has 0 unspecified atom stereocenters. The summed E-state index contributed by atoms with van der Waals surface area (Å²) < 4.78 is 17.8. The highest BCUT2D eigenvalue weighted by Gasteiger charge is 2.12. The number of rotatable bonds is 7. The molecule has 1 N–H and O–H groups in total. The van der Waals surface area contributed by atoms with E-state index in [1.807, 2.05) is 29.1 Å². The summed E-state index contributed by atoms with van der Waals surface area (Å²) in [5.74, 6) is 1.86. The summed E-state index contributed by atoms with van der Waals surface area (Å²) in [6.07, 6.45) is 3.69. The zero-order chi connectivity index (χ0) is 14.4. The SMILES string of the molecule is COc1cc(NCCn2cccn2)cc(OC)c1OC. The van der Waals surface area contributed by atoms with Gasteiger partial charge < -0.3 is 19.5 Å². The van der Waals surface area contributed by atoms with Gasteiger partial charge in [0, 0.05) is 36.8 Å². The first-order valence-electron chi connectivity index (χ1n) is 6.29. The average Bonchev–Trinajstić information content (AvgIpc) is 2.99. The predicted octanol–water partition coefficient (Wildman–Crippen LogP) is 2.02. The maximum absolute atomic E-state index is 5.31. The molecule has 0 fully saturated rings. The lowest BCUT2D eigenvalue weighted by Crippen LogP contribution is -2.11. The van der Waals surface area contributed by atoms with Gasteiger partial charge in [-0.05, 0) is 6.07 Å². The van der Waals surface area contributed by atoms with Crippen LogP contribution >= 0.6 is 0 Å². The van der Waals surface area contributed by atoms with E-state index in [0.717, 1.165) is 18.8 Å². The summed E-state index contributed by atoms with van der Waals surface area (Å²) >= 11 is 0. The molecule has 108 valence electrons. The first-order chi connectivity index (χ1) is 9.78. The van der Waals surface area contributed by atoms with Crippen LogP contribution in [0.25, 0.3) is 0 Å². The maximum Gasteiger partial charge on any atom is 0.203 e. The van der Waals surface area contributed by atoms with Crippen LogP contribution in [0, 0.1) is 0 Å². The highest BCUT2D eigenvalue weighted by atomic mass is 16.5. The van der Waals surface area contributed by atoms with Crippen LogP contribution in [0.5, 0.6) is 17.2 Å². The van der Waals surface area contributed by atoms with Gasteiger partial charge in [0.1, 0.15) is 0 Å². The van der Waals surface area contributed by atoms with Crippen LogP contribution in [0.15, 0.2) is 30.6 Å². The largest absolute Gasteiger partial charge is 0.493 e. The Hall–Kier alpha value is -2.37. The number of ether oxygens (including phenoxy) is 3. The van der Waals surface area contributed by atoms with Gasteiger partial charge in [-0.15, -0.1) is 0 Å². The van der Waals surface area contributed by atoms with Gasteiger partial charge in [-0.3, -0.25) is 4.68 Å². The Morgan fingerprint density at radius 3 is 2.30 bits per heavy atom. The van der Waals surface area contributed by atoms with Gasteiger partial charge in [0.05, 0.1) is 27.9 Å². The number of benzene rings is 1. The second kappa shape index (κ2) is 6.70. The van der Waals surface area contributed by atoms with E-state index in [1.54, 1.807) is 27.5 Å². The summed E-state index contributed by atoms with van der Waals surface area (Å²) in [5, 5.41) is 7.46. The topological polar surface area (TPSA) is 57.5 Å². The molecular formula is C14H19N3O3. The average molecular weight is 277 g/mol.